The van der Waals surface area contributed by atoms with Gasteiger partial charge >= 0.3 is 12.6 Å². The van der Waals surface area contributed by atoms with Gasteiger partial charge in [-0.15, -0.1) is 0 Å². The number of aliphatic carboxylic acids is 1. The fourth-order valence-corrected chi connectivity index (χ4v) is 1.40. The summed E-state index contributed by atoms with van der Waals surface area (Å²) in [6, 6.07) is 1.07. The summed E-state index contributed by atoms with van der Waals surface area (Å²) in [5.74, 6) is -2.69. The lowest BCUT2D eigenvalue weighted by Gasteiger charge is -2.13. The maximum absolute atomic E-state index is 12.2. The standard InChI is InChI=1S/C10H7F2NO7/c11-10(12)20-7-2-6(13(18)19)4(3-14)1-5(7)8(15)9(16)17/h1-3,8,10,15H,(H,16,17). The van der Waals surface area contributed by atoms with Crippen LogP contribution < -0.4 is 4.74 Å². The van der Waals surface area contributed by atoms with Crippen molar-refractivity contribution in [2.24, 2.45) is 0 Å². The summed E-state index contributed by atoms with van der Waals surface area (Å²) < 4.78 is 28.3. The molecule has 0 aliphatic carbocycles. The van der Waals surface area contributed by atoms with E-state index in [-0.39, 0.29) is 6.29 Å². The molecule has 8 nitrogen and oxygen atoms in total. The molecule has 1 rings (SSSR count). The van der Waals surface area contributed by atoms with Gasteiger partial charge in [-0.2, -0.15) is 8.78 Å². The largest absolute Gasteiger partial charge is 0.479 e. The first kappa shape index (κ1) is 15.4. The zero-order chi connectivity index (χ0) is 15.4. The molecule has 0 heterocycles. The van der Waals surface area contributed by atoms with E-state index in [1.165, 1.54) is 0 Å². The first-order valence-electron chi connectivity index (χ1n) is 4.91. The minimum Gasteiger partial charge on any atom is -0.479 e. The van der Waals surface area contributed by atoms with Gasteiger partial charge in [-0.3, -0.25) is 14.9 Å². The van der Waals surface area contributed by atoms with E-state index < -0.39 is 46.2 Å². The first-order chi connectivity index (χ1) is 9.27. The van der Waals surface area contributed by atoms with E-state index in [0.29, 0.717) is 12.1 Å². The number of rotatable bonds is 6. The van der Waals surface area contributed by atoms with Crippen LogP contribution in [0.15, 0.2) is 12.1 Å². The molecule has 0 fully saturated rings. The van der Waals surface area contributed by atoms with Crippen LogP contribution in [0.2, 0.25) is 0 Å². The number of alkyl halides is 2. The summed E-state index contributed by atoms with van der Waals surface area (Å²) in [4.78, 5) is 31.0. The van der Waals surface area contributed by atoms with E-state index in [1.54, 1.807) is 0 Å². The van der Waals surface area contributed by atoms with E-state index in [1.807, 2.05) is 0 Å². The van der Waals surface area contributed by atoms with E-state index >= 15 is 0 Å². The van der Waals surface area contributed by atoms with Gasteiger partial charge in [0.15, 0.2) is 12.4 Å². The van der Waals surface area contributed by atoms with Gasteiger partial charge in [0.1, 0.15) is 5.75 Å². The average Bonchev–Trinajstić information content (AvgIpc) is 2.36. The highest BCUT2D eigenvalue weighted by Gasteiger charge is 2.27. The van der Waals surface area contributed by atoms with E-state index in [2.05, 4.69) is 4.74 Å². The molecule has 0 amide bonds. The molecule has 1 aromatic carbocycles. The highest BCUT2D eigenvalue weighted by Crippen LogP contribution is 2.33. The Morgan fingerprint density at radius 3 is 2.45 bits per heavy atom. The fraction of sp³-hybridized carbons (Fsp3) is 0.200. The molecule has 0 radical (unpaired) electrons. The van der Waals surface area contributed by atoms with Crippen LogP contribution in [0.1, 0.15) is 22.0 Å². The molecule has 0 aliphatic rings. The predicted molar refractivity (Wildman–Crippen MR) is 57.7 cm³/mol. The first-order valence-corrected chi connectivity index (χ1v) is 4.91. The number of halogens is 2. The van der Waals surface area contributed by atoms with Crippen molar-refractivity contribution in [3.05, 3.63) is 33.4 Å². The highest BCUT2D eigenvalue weighted by atomic mass is 19.3. The van der Waals surface area contributed by atoms with Crippen molar-refractivity contribution >= 4 is 17.9 Å². The molecule has 0 bridgehead atoms. The van der Waals surface area contributed by atoms with E-state index in [0.717, 1.165) is 0 Å². The number of carbonyl (C=O) groups excluding carboxylic acids is 1. The topological polar surface area (TPSA) is 127 Å². The van der Waals surface area contributed by atoms with Crippen LogP contribution >= 0.6 is 0 Å². The molecule has 0 saturated heterocycles. The Balaban J connectivity index is 3.50. The second kappa shape index (κ2) is 6.02. The normalized spacial score (nSPS) is 12.0. The van der Waals surface area contributed by atoms with Crippen molar-refractivity contribution in [3.63, 3.8) is 0 Å². The third kappa shape index (κ3) is 3.23. The second-order valence-electron chi connectivity index (χ2n) is 3.44. The number of benzene rings is 1. The van der Waals surface area contributed by atoms with Gasteiger partial charge < -0.3 is 14.9 Å². The maximum Gasteiger partial charge on any atom is 0.387 e. The summed E-state index contributed by atoms with van der Waals surface area (Å²) in [5, 5.41) is 28.6. The second-order valence-corrected chi connectivity index (χ2v) is 3.44. The fourth-order valence-electron chi connectivity index (χ4n) is 1.40. The lowest BCUT2D eigenvalue weighted by molar-refractivity contribution is -0.385. The number of aldehydes is 1. The molecule has 0 aliphatic heterocycles. The number of aliphatic hydroxyl groups is 1. The van der Waals surface area contributed by atoms with Gasteiger partial charge in [-0.05, 0) is 6.07 Å². The summed E-state index contributed by atoms with van der Waals surface area (Å²) in [5.41, 5.74) is -2.12. The van der Waals surface area contributed by atoms with Crippen molar-refractivity contribution in [3.8, 4) is 5.75 Å². The third-order valence-corrected chi connectivity index (χ3v) is 2.23. The quantitative estimate of drug-likeness (QED) is 0.456. The Kier molecular flexibility index (Phi) is 4.64. The van der Waals surface area contributed by atoms with Crippen LogP contribution in [0, 0.1) is 10.1 Å². The molecule has 20 heavy (non-hydrogen) atoms. The summed E-state index contributed by atoms with van der Waals surface area (Å²) >= 11 is 0. The number of carboxylic acid groups (broad SMARTS) is 1. The van der Waals surface area contributed by atoms with Crippen molar-refractivity contribution in [2.45, 2.75) is 12.7 Å². The van der Waals surface area contributed by atoms with E-state index in [9.17, 15) is 33.6 Å². The number of aliphatic hydroxyl groups excluding tert-OH is 1. The minimum atomic E-state index is -3.39. The lowest BCUT2D eigenvalue weighted by atomic mass is 10.0. The Morgan fingerprint density at radius 1 is 1.45 bits per heavy atom. The van der Waals surface area contributed by atoms with Gasteiger partial charge in [0.2, 0.25) is 0 Å². The smallest absolute Gasteiger partial charge is 0.387 e. The molecule has 10 heteroatoms. The number of nitrogens with zero attached hydrogens (tertiary/aromatic N) is 1. The number of hydrogen-bond acceptors (Lipinski definition) is 6. The maximum atomic E-state index is 12.2. The van der Waals surface area contributed by atoms with Crippen LogP contribution in [0.5, 0.6) is 5.75 Å². The van der Waals surface area contributed by atoms with Gasteiger partial charge in [-0.1, -0.05) is 0 Å². The Hall–Kier alpha value is -2.62. The van der Waals surface area contributed by atoms with E-state index in [4.69, 9.17) is 5.11 Å². The summed E-state index contributed by atoms with van der Waals surface area (Å²) in [6.45, 7) is -3.39. The molecule has 108 valence electrons. The Labute approximate surface area is 109 Å². The average molecular weight is 291 g/mol. The number of nitro benzene ring substituents is 1. The monoisotopic (exact) mass is 291 g/mol. The van der Waals surface area contributed by atoms with Gasteiger partial charge in [0.05, 0.1) is 16.6 Å². The number of nitro groups is 1. The summed E-state index contributed by atoms with van der Waals surface area (Å²) in [6.07, 6.45) is -2.24. The minimum absolute atomic E-state index is 0.0301. The van der Waals surface area contributed by atoms with Crippen LogP contribution in [-0.4, -0.2) is 34.0 Å². The molecule has 1 atom stereocenters. The molecule has 1 aromatic rings. The number of ether oxygens (including phenoxy) is 1. The number of carboxylic acids is 1. The zero-order valence-electron chi connectivity index (χ0n) is 9.53. The third-order valence-electron chi connectivity index (χ3n) is 2.23. The number of hydrogen-bond donors (Lipinski definition) is 2. The molecule has 0 spiro atoms. The van der Waals surface area contributed by atoms with Crippen molar-refractivity contribution in [1.29, 1.82) is 0 Å². The molecular weight excluding hydrogens is 284 g/mol. The van der Waals surface area contributed by atoms with Crippen LogP contribution in [0.25, 0.3) is 0 Å². The van der Waals surface area contributed by atoms with Crippen LogP contribution in [-0.2, 0) is 4.79 Å². The molecule has 0 saturated carbocycles. The van der Waals surface area contributed by atoms with Gasteiger partial charge in [-0.25, -0.2) is 4.79 Å². The number of carbonyl (C=O) groups is 2. The van der Waals surface area contributed by atoms with Crippen LogP contribution in [0.4, 0.5) is 14.5 Å². The molecule has 2 N–H and O–H groups in total. The van der Waals surface area contributed by atoms with Gasteiger partial charge in [0, 0.05) is 5.56 Å². The highest BCUT2D eigenvalue weighted by molar-refractivity contribution is 5.84. The van der Waals surface area contributed by atoms with Crippen molar-refractivity contribution < 1.29 is 38.2 Å². The van der Waals surface area contributed by atoms with Crippen molar-refractivity contribution in [1.82, 2.24) is 0 Å². The van der Waals surface area contributed by atoms with Gasteiger partial charge in [0.25, 0.3) is 5.69 Å². The zero-order valence-corrected chi connectivity index (χ0v) is 9.53. The lowest BCUT2D eigenvalue weighted by Crippen LogP contribution is -2.15. The molecular formula is C10H7F2NO7. The van der Waals surface area contributed by atoms with Crippen LogP contribution in [0.3, 0.4) is 0 Å². The Bertz CT molecular complexity index is 561. The Morgan fingerprint density at radius 2 is 2.05 bits per heavy atom. The summed E-state index contributed by atoms with van der Waals surface area (Å²) in [7, 11) is 0. The molecule has 0 aromatic heterocycles. The van der Waals surface area contributed by atoms with Crippen molar-refractivity contribution in [2.75, 3.05) is 0 Å². The SMILES string of the molecule is O=Cc1cc(C(O)C(=O)O)c(OC(F)F)cc1[N+](=O)[O-]. The molecule has 1 unspecified atom stereocenters. The predicted octanol–water partition coefficient (Wildman–Crippen LogP) is 1.13.